The lowest BCUT2D eigenvalue weighted by molar-refractivity contribution is 0.297. The van der Waals surface area contributed by atoms with E-state index in [1.807, 2.05) is 6.92 Å². The Morgan fingerprint density at radius 3 is 2.77 bits per heavy atom. The summed E-state index contributed by atoms with van der Waals surface area (Å²) in [5, 5.41) is 8.70. The Balaban J connectivity index is 2.97. The normalized spacial score (nSPS) is 12.9. The lowest BCUT2D eigenvalue weighted by atomic mass is 10.1. The van der Waals surface area contributed by atoms with Crippen LogP contribution < -0.4 is 0 Å². The number of benzene rings is 1. The molecule has 1 aromatic rings. The number of hydrogen-bond donors (Lipinski definition) is 1. The summed E-state index contributed by atoms with van der Waals surface area (Å²) in [6.45, 7) is 1.97. The first-order valence-corrected chi connectivity index (χ1v) is 5.10. The zero-order valence-corrected chi connectivity index (χ0v) is 9.01. The third kappa shape index (κ3) is 2.78. The van der Waals surface area contributed by atoms with Crippen molar-refractivity contribution in [3.8, 4) is 0 Å². The molecule has 0 spiro atoms. The maximum atomic E-state index is 13.1. The maximum absolute atomic E-state index is 13.1. The van der Waals surface area contributed by atoms with Gasteiger partial charge in [0.1, 0.15) is 5.82 Å². The predicted octanol–water partition coefficient (Wildman–Crippen LogP) is 2.82. The van der Waals surface area contributed by atoms with Crippen molar-refractivity contribution in [1.29, 1.82) is 0 Å². The Bertz CT molecular complexity index is 286. The van der Waals surface area contributed by atoms with Gasteiger partial charge in [-0.05, 0) is 30.5 Å². The van der Waals surface area contributed by atoms with E-state index in [-0.39, 0.29) is 17.3 Å². The van der Waals surface area contributed by atoms with Crippen molar-refractivity contribution in [3.63, 3.8) is 0 Å². The molecule has 0 saturated carbocycles. The number of hydrogen-bond acceptors (Lipinski definition) is 1. The lowest BCUT2D eigenvalue weighted by Gasteiger charge is -2.07. The van der Waals surface area contributed by atoms with Gasteiger partial charge in [-0.1, -0.05) is 28.1 Å². The van der Waals surface area contributed by atoms with Crippen molar-refractivity contribution in [1.82, 2.24) is 0 Å². The van der Waals surface area contributed by atoms with Crippen molar-refractivity contribution < 1.29 is 9.50 Å². The third-order valence-corrected chi connectivity index (χ3v) is 2.44. The second kappa shape index (κ2) is 4.72. The smallest absolute Gasteiger partial charge is 0.126 e. The van der Waals surface area contributed by atoms with Gasteiger partial charge in [0.25, 0.3) is 0 Å². The number of halogens is 2. The van der Waals surface area contributed by atoms with E-state index in [0.717, 1.165) is 5.56 Å². The molecule has 0 aliphatic carbocycles. The van der Waals surface area contributed by atoms with E-state index in [9.17, 15) is 4.39 Å². The predicted molar refractivity (Wildman–Crippen MR) is 54.5 cm³/mol. The Morgan fingerprint density at radius 1 is 1.54 bits per heavy atom. The zero-order valence-electron chi connectivity index (χ0n) is 7.43. The van der Waals surface area contributed by atoms with Crippen LogP contribution in [-0.2, 0) is 6.42 Å². The van der Waals surface area contributed by atoms with Crippen LogP contribution in [0.3, 0.4) is 0 Å². The molecule has 0 aromatic heterocycles. The molecule has 1 nitrogen and oxygen atoms in total. The molecule has 0 bridgehead atoms. The molecule has 1 aromatic carbocycles. The van der Waals surface area contributed by atoms with Crippen LogP contribution in [-0.4, -0.2) is 11.7 Å². The molecular formula is C10H12BrFO. The molecule has 1 unspecified atom stereocenters. The van der Waals surface area contributed by atoms with Gasteiger partial charge in [-0.3, -0.25) is 0 Å². The monoisotopic (exact) mass is 246 g/mol. The van der Waals surface area contributed by atoms with Crippen molar-refractivity contribution in [2.45, 2.75) is 18.2 Å². The molecular weight excluding hydrogens is 235 g/mol. The minimum Gasteiger partial charge on any atom is -0.396 e. The van der Waals surface area contributed by atoms with Crippen LogP contribution in [0, 0.1) is 5.82 Å². The van der Waals surface area contributed by atoms with Gasteiger partial charge in [-0.2, -0.15) is 0 Å². The van der Waals surface area contributed by atoms with Crippen LogP contribution >= 0.6 is 15.9 Å². The summed E-state index contributed by atoms with van der Waals surface area (Å²) in [4.78, 5) is 0.213. The summed E-state index contributed by atoms with van der Waals surface area (Å²) >= 11 is 3.41. The highest BCUT2D eigenvalue weighted by Crippen LogP contribution is 2.23. The molecule has 0 radical (unpaired) electrons. The molecule has 1 rings (SSSR count). The van der Waals surface area contributed by atoms with Gasteiger partial charge in [0.2, 0.25) is 0 Å². The van der Waals surface area contributed by atoms with E-state index < -0.39 is 0 Å². The third-order valence-electron chi connectivity index (χ3n) is 1.91. The molecule has 0 heterocycles. The van der Waals surface area contributed by atoms with Gasteiger partial charge >= 0.3 is 0 Å². The van der Waals surface area contributed by atoms with Gasteiger partial charge in [0.05, 0.1) is 0 Å². The summed E-state index contributed by atoms with van der Waals surface area (Å²) in [6, 6.07) is 4.97. The largest absolute Gasteiger partial charge is 0.396 e. The average Bonchev–Trinajstić information content (AvgIpc) is 2.08. The van der Waals surface area contributed by atoms with E-state index in [0.29, 0.717) is 12.0 Å². The summed E-state index contributed by atoms with van der Waals surface area (Å²) < 4.78 is 13.1. The van der Waals surface area contributed by atoms with Gasteiger partial charge in [0, 0.05) is 11.4 Å². The molecule has 0 aliphatic heterocycles. The van der Waals surface area contributed by atoms with Gasteiger partial charge < -0.3 is 5.11 Å². The highest BCUT2D eigenvalue weighted by Gasteiger charge is 2.05. The molecule has 13 heavy (non-hydrogen) atoms. The van der Waals surface area contributed by atoms with Crippen LogP contribution in [0.1, 0.15) is 22.9 Å². The highest BCUT2D eigenvalue weighted by atomic mass is 79.9. The number of rotatable bonds is 3. The quantitative estimate of drug-likeness (QED) is 0.814. The topological polar surface area (TPSA) is 20.2 Å². The molecule has 0 saturated heterocycles. The van der Waals surface area contributed by atoms with Gasteiger partial charge in [-0.25, -0.2) is 4.39 Å². The lowest BCUT2D eigenvalue weighted by Crippen LogP contribution is -1.97. The van der Waals surface area contributed by atoms with E-state index in [1.165, 1.54) is 6.07 Å². The Labute approximate surface area is 85.7 Å². The van der Waals surface area contributed by atoms with Gasteiger partial charge in [-0.15, -0.1) is 0 Å². The van der Waals surface area contributed by atoms with Crippen LogP contribution in [0.4, 0.5) is 4.39 Å². The molecule has 0 aliphatic rings. The number of aliphatic hydroxyl groups is 1. The van der Waals surface area contributed by atoms with E-state index in [4.69, 9.17) is 5.11 Å². The number of aliphatic hydroxyl groups excluding tert-OH is 1. The Hall–Kier alpha value is -0.410. The van der Waals surface area contributed by atoms with Crippen molar-refractivity contribution in [2.24, 2.45) is 0 Å². The molecule has 72 valence electrons. The van der Waals surface area contributed by atoms with Crippen molar-refractivity contribution in [3.05, 3.63) is 35.1 Å². The SMILES string of the molecule is CC(Br)c1ccc(F)c(CCO)c1. The van der Waals surface area contributed by atoms with Crippen molar-refractivity contribution in [2.75, 3.05) is 6.61 Å². The highest BCUT2D eigenvalue weighted by molar-refractivity contribution is 9.09. The molecule has 0 fully saturated rings. The minimum atomic E-state index is -0.244. The second-order valence-corrected chi connectivity index (χ2v) is 4.31. The first kappa shape index (κ1) is 10.7. The zero-order chi connectivity index (χ0) is 9.84. The summed E-state index contributed by atoms with van der Waals surface area (Å²) in [5.74, 6) is -0.244. The average molecular weight is 247 g/mol. The fourth-order valence-corrected chi connectivity index (χ4v) is 1.44. The summed E-state index contributed by atoms with van der Waals surface area (Å²) in [5.41, 5.74) is 1.61. The summed E-state index contributed by atoms with van der Waals surface area (Å²) in [7, 11) is 0. The van der Waals surface area contributed by atoms with Crippen LogP contribution in [0.5, 0.6) is 0 Å². The maximum Gasteiger partial charge on any atom is 0.126 e. The van der Waals surface area contributed by atoms with E-state index in [2.05, 4.69) is 15.9 Å². The van der Waals surface area contributed by atoms with E-state index >= 15 is 0 Å². The first-order chi connectivity index (χ1) is 6.15. The van der Waals surface area contributed by atoms with Crippen LogP contribution in [0.25, 0.3) is 0 Å². The fourth-order valence-electron chi connectivity index (χ4n) is 1.15. The molecule has 1 N–H and O–H groups in total. The number of alkyl halides is 1. The minimum absolute atomic E-state index is 0.0168. The summed E-state index contributed by atoms with van der Waals surface area (Å²) in [6.07, 6.45) is 0.374. The second-order valence-electron chi connectivity index (χ2n) is 2.94. The molecule has 3 heteroatoms. The molecule has 1 atom stereocenters. The van der Waals surface area contributed by atoms with Crippen LogP contribution in [0.15, 0.2) is 18.2 Å². The fraction of sp³-hybridized carbons (Fsp3) is 0.400. The molecule has 0 amide bonds. The standard InChI is InChI=1S/C10H12BrFO/c1-7(11)8-2-3-10(12)9(6-8)4-5-13/h2-3,6-7,13H,4-5H2,1H3. The Morgan fingerprint density at radius 2 is 2.23 bits per heavy atom. The van der Waals surface area contributed by atoms with E-state index in [1.54, 1.807) is 12.1 Å². The van der Waals surface area contributed by atoms with Gasteiger partial charge in [0.15, 0.2) is 0 Å². The first-order valence-electron chi connectivity index (χ1n) is 4.18. The van der Waals surface area contributed by atoms with Crippen LogP contribution in [0.2, 0.25) is 0 Å². The van der Waals surface area contributed by atoms with Crippen molar-refractivity contribution >= 4 is 15.9 Å². The Kier molecular flexibility index (Phi) is 3.88.